The molecular weight excluding hydrogens is 320 g/mol. The zero-order chi connectivity index (χ0) is 17.0. The fourth-order valence-electron chi connectivity index (χ4n) is 2.48. The van der Waals surface area contributed by atoms with Crippen molar-refractivity contribution in [3.8, 4) is 0 Å². The Balaban J connectivity index is 2.13. The summed E-state index contributed by atoms with van der Waals surface area (Å²) in [6.45, 7) is 0.516. The van der Waals surface area contributed by atoms with Crippen molar-refractivity contribution in [3.05, 3.63) is 30.1 Å². The molecule has 1 aromatic rings. The molecule has 2 heterocycles. The van der Waals surface area contributed by atoms with E-state index in [1.54, 1.807) is 24.5 Å². The standard InChI is InChI=1S/C14H20N4O4S/c1-23(21,22)18-6-5-17(9-12(10-18)14(15)20)13(19)7-11-3-2-4-16-8-11/h2-4,8,12H,5-7,9-10H2,1H3,(H2,15,20)/t12-/m0/s1. The molecule has 126 valence electrons. The van der Waals surface area contributed by atoms with Crippen LogP contribution in [0.1, 0.15) is 5.56 Å². The molecule has 2 amide bonds. The van der Waals surface area contributed by atoms with Crippen LogP contribution >= 0.6 is 0 Å². The molecule has 2 N–H and O–H groups in total. The van der Waals surface area contributed by atoms with Crippen molar-refractivity contribution in [2.45, 2.75) is 6.42 Å². The molecule has 2 rings (SSSR count). The van der Waals surface area contributed by atoms with Crippen molar-refractivity contribution in [2.24, 2.45) is 11.7 Å². The number of hydrogen-bond donors (Lipinski definition) is 1. The van der Waals surface area contributed by atoms with Gasteiger partial charge in [-0.05, 0) is 11.6 Å². The lowest BCUT2D eigenvalue weighted by atomic mass is 10.1. The Labute approximate surface area is 135 Å². The quantitative estimate of drug-likeness (QED) is 0.742. The topological polar surface area (TPSA) is 114 Å². The highest BCUT2D eigenvalue weighted by molar-refractivity contribution is 7.88. The summed E-state index contributed by atoms with van der Waals surface area (Å²) in [5, 5.41) is 0. The van der Waals surface area contributed by atoms with Gasteiger partial charge in [-0.2, -0.15) is 4.31 Å². The van der Waals surface area contributed by atoms with E-state index in [0.717, 1.165) is 11.8 Å². The molecule has 1 aromatic heterocycles. The van der Waals surface area contributed by atoms with Crippen molar-refractivity contribution >= 4 is 21.8 Å². The Hall–Kier alpha value is -2.00. The number of primary amides is 1. The molecular formula is C14H20N4O4S. The Morgan fingerprint density at radius 3 is 2.65 bits per heavy atom. The summed E-state index contributed by atoms with van der Waals surface area (Å²) in [6, 6.07) is 3.53. The average Bonchev–Trinajstić information content (AvgIpc) is 2.71. The maximum absolute atomic E-state index is 12.4. The maximum atomic E-state index is 12.4. The first kappa shape index (κ1) is 17.4. The van der Waals surface area contributed by atoms with E-state index in [4.69, 9.17) is 5.73 Å². The van der Waals surface area contributed by atoms with Crippen molar-refractivity contribution in [1.29, 1.82) is 0 Å². The third-order valence-electron chi connectivity index (χ3n) is 3.79. The summed E-state index contributed by atoms with van der Waals surface area (Å²) in [5.41, 5.74) is 6.11. The van der Waals surface area contributed by atoms with Crippen molar-refractivity contribution in [1.82, 2.24) is 14.2 Å². The number of nitrogens with two attached hydrogens (primary N) is 1. The van der Waals surface area contributed by atoms with Gasteiger partial charge in [-0.25, -0.2) is 8.42 Å². The van der Waals surface area contributed by atoms with Gasteiger partial charge in [0.25, 0.3) is 0 Å². The Morgan fingerprint density at radius 1 is 1.35 bits per heavy atom. The van der Waals surface area contributed by atoms with Crippen LogP contribution in [0.5, 0.6) is 0 Å². The van der Waals surface area contributed by atoms with E-state index in [1.807, 2.05) is 0 Å². The maximum Gasteiger partial charge on any atom is 0.227 e. The van der Waals surface area contributed by atoms with Crippen LogP contribution in [0.25, 0.3) is 0 Å². The summed E-state index contributed by atoms with van der Waals surface area (Å²) in [5.74, 6) is -1.51. The fraction of sp³-hybridized carbons (Fsp3) is 0.500. The van der Waals surface area contributed by atoms with Crippen LogP contribution in [0.2, 0.25) is 0 Å². The normalized spacial score (nSPS) is 20.0. The summed E-state index contributed by atoms with van der Waals surface area (Å²) in [7, 11) is -3.45. The van der Waals surface area contributed by atoms with Crippen molar-refractivity contribution < 1.29 is 18.0 Å². The van der Waals surface area contributed by atoms with Gasteiger partial charge in [0.2, 0.25) is 21.8 Å². The number of carbonyl (C=O) groups is 2. The smallest absolute Gasteiger partial charge is 0.227 e. The zero-order valence-corrected chi connectivity index (χ0v) is 13.7. The first-order valence-electron chi connectivity index (χ1n) is 7.18. The zero-order valence-electron chi connectivity index (χ0n) is 12.9. The number of aromatic nitrogens is 1. The van der Waals surface area contributed by atoms with Gasteiger partial charge in [-0.3, -0.25) is 14.6 Å². The molecule has 0 bridgehead atoms. The fourth-order valence-corrected chi connectivity index (χ4v) is 3.35. The SMILES string of the molecule is CS(=O)(=O)N1CCN(C(=O)Cc2cccnc2)C[C@H](C(N)=O)C1. The van der Waals surface area contributed by atoms with E-state index < -0.39 is 21.8 Å². The van der Waals surface area contributed by atoms with Crippen LogP contribution in [0.3, 0.4) is 0 Å². The first-order valence-corrected chi connectivity index (χ1v) is 9.03. The second-order valence-corrected chi connectivity index (χ2v) is 7.58. The number of rotatable bonds is 4. The second kappa shape index (κ2) is 7.05. The van der Waals surface area contributed by atoms with E-state index in [2.05, 4.69) is 4.98 Å². The summed E-state index contributed by atoms with van der Waals surface area (Å²) < 4.78 is 24.7. The van der Waals surface area contributed by atoms with Crippen LogP contribution in [0.4, 0.5) is 0 Å². The minimum Gasteiger partial charge on any atom is -0.369 e. The minimum absolute atomic E-state index is 0.00480. The predicted molar refractivity (Wildman–Crippen MR) is 83.6 cm³/mol. The lowest BCUT2D eigenvalue weighted by Crippen LogP contribution is -2.41. The van der Waals surface area contributed by atoms with E-state index in [-0.39, 0.29) is 38.5 Å². The van der Waals surface area contributed by atoms with Gasteiger partial charge in [0.15, 0.2) is 0 Å². The molecule has 0 aromatic carbocycles. The third-order valence-corrected chi connectivity index (χ3v) is 5.06. The summed E-state index contributed by atoms with van der Waals surface area (Å²) >= 11 is 0. The molecule has 1 saturated heterocycles. The Bertz CT molecular complexity index is 677. The molecule has 23 heavy (non-hydrogen) atoms. The molecule has 1 fully saturated rings. The van der Waals surface area contributed by atoms with Gasteiger partial charge in [0.05, 0.1) is 18.6 Å². The molecule has 1 aliphatic heterocycles. The van der Waals surface area contributed by atoms with Gasteiger partial charge < -0.3 is 10.6 Å². The van der Waals surface area contributed by atoms with E-state index in [0.29, 0.717) is 0 Å². The molecule has 8 nitrogen and oxygen atoms in total. The highest BCUT2D eigenvalue weighted by atomic mass is 32.2. The molecule has 0 unspecified atom stereocenters. The molecule has 0 saturated carbocycles. The van der Waals surface area contributed by atoms with E-state index in [9.17, 15) is 18.0 Å². The Morgan fingerprint density at radius 2 is 2.09 bits per heavy atom. The largest absolute Gasteiger partial charge is 0.369 e. The number of sulfonamides is 1. The number of hydrogen-bond acceptors (Lipinski definition) is 5. The van der Waals surface area contributed by atoms with Gasteiger partial charge in [0, 0.05) is 38.6 Å². The van der Waals surface area contributed by atoms with Crippen LogP contribution in [0, 0.1) is 5.92 Å². The summed E-state index contributed by atoms with van der Waals surface area (Å²) in [4.78, 5) is 29.4. The summed E-state index contributed by atoms with van der Waals surface area (Å²) in [6.07, 6.45) is 4.45. The first-order chi connectivity index (χ1) is 10.8. The molecule has 0 spiro atoms. The lowest BCUT2D eigenvalue weighted by Gasteiger charge is -2.22. The van der Waals surface area contributed by atoms with Crippen LogP contribution in [-0.2, 0) is 26.0 Å². The molecule has 9 heteroatoms. The van der Waals surface area contributed by atoms with Crippen molar-refractivity contribution in [3.63, 3.8) is 0 Å². The molecule has 1 atom stereocenters. The average molecular weight is 340 g/mol. The molecule has 0 radical (unpaired) electrons. The second-order valence-electron chi connectivity index (χ2n) is 5.60. The molecule has 0 aliphatic carbocycles. The monoisotopic (exact) mass is 340 g/mol. The van der Waals surface area contributed by atoms with Crippen LogP contribution < -0.4 is 5.73 Å². The highest BCUT2D eigenvalue weighted by Gasteiger charge is 2.32. The lowest BCUT2D eigenvalue weighted by molar-refractivity contribution is -0.131. The van der Waals surface area contributed by atoms with Gasteiger partial charge in [-0.1, -0.05) is 6.07 Å². The van der Waals surface area contributed by atoms with Crippen LogP contribution in [-0.4, -0.2) is 66.9 Å². The Kier molecular flexibility index (Phi) is 5.32. The van der Waals surface area contributed by atoms with E-state index in [1.165, 1.54) is 9.21 Å². The minimum atomic E-state index is -3.45. The molecule has 1 aliphatic rings. The van der Waals surface area contributed by atoms with Crippen LogP contribution in [0.15, 0.2) is 24.5 Å². The van der Waals surface area contributed by atoms with Gasteiger partial charge in [-0.15, -0.1) is 0 Å². The van der Waals surface area contributed by atoms with Gasteiger partial charge >= 0.3 is 0 Å². The van der Waals surface area contributed by atoms with Crippen molar-refractivity contribution in [2.75, 3.05) is 32.4 Å². The third kappa shape index (κ3) is 4.73. The highest BCUT2D eigenvalue weighted by Crippen LogP contribution is 2.14. The number of amides is 2. The van der Waals surface area contributed by atoms with Gasteiger partial charge in [0.1, 0.15) is 0 Å². The van der Waals surface area contributed by atoms with E-state index >= 15 is 0 Å². The number of pyridine rings is 1. The number of carbonyl (C=O) groups excluding carboxylic acids is 2. The number of nitrogens with zero attached hydrogens (tertiary/aromatic N) is 3. The predicted octanol–water partition coefficient (Wildman–Crippen LogP) is -1.17.